The molecular weight excluding hydrogens is 196 g/mol. The highest BCUT2D eigenvalue weighted by Crippen LogP contribution is 2.19. The Balaban J connectivity index is 2.11. The molecule has 1 aliphatic carbocycles. The molecular formula is C10H20N2O3. The van der Waals surface area contributed by atoms with Gasteiger partial charge in [-0.2, -0.15) is 0 Å². The topological polar surface area (TPSA) is 70.6 Å². The number of hydroxylamine groups is 1. The third kappa shape index (κ3) is 4.48. The molecule has 1 unspecified atom stereocenters. The van der Waals surface area contributed by atoms with Crippen LogP contribution in [0.2, 0.25) is 0 Å². The molecule has 15 heavy (non-hydrogen) atoms. The van der Waals surface area contributed by atoms with Gasteiger partial charge in [0, 0.05) is 0 Å². The van der Waals surface area contributed by atoms with Gasteiger partial charge in [0.2, 0.25) is 0 Å². The molecule has 5 heteroatoms. The lowest BCUT2D eigenvalue weighted by Gasteiger charge is -2.16. The summed E-state index contributed by atoms with van der Waals surface area (Å²) in [6.07, 6.45) is 5.22. The number of hydrogen-bond donors (Lipinski definition) is 3. The summed E-state index contributed by atoms with van der Waals surface area (Å²) in [6.45, 7) is 1.85. The molecule has 1 rings (SSSR count). The molecule has 1 fully saturated rings. The third-order valence-corrected chi connectivity index (χ3v) is 2.67. The normalized spacial score (nSPS) is 18.8. The highest BCUT2D eigenvalue weighted by molar-refractivity contribution is 5.73. The number of rotatable bonds is 5. The standard InChI is InChI=1S/C10H20N2O3/c1-2-8(7-13)11-10(14)12-15-9-5-3-4-6-9/h8-9,13H,2-7H2,1H3,(H2,11,12,14). The maximum absolute atomic E-state index is 11.3. The van der Waals surface area contributed by atoms with Crippen LogP contribution >= 0.6 is 0 Å². The van der Waals surface area contributed by atoms with Crippen LogP contribution in [0.4, 0.5) is 4.79 Å². The van der Waals surface area contributed by atoms with Crippen LogP contribution < -0.4 is 10.8 Å². The van der Waals surface area contributed by atoms with E-state index in [-0.39, 0.29) is 24.8 Å². The fourth-order valence-electron chi connectivity index (χ4n) is 1.63. The number of aliphatic hydroxyl groups is 1. The lowest BCUT2D eigenvalue weighted by atomic mass is 10.2. The van der Waals surface area contributed by atoms with Gasteiger partial charge >= 0.3 is 6.03 Å². The first-order chi connectivity index (χ1) is 7.26. The summed E-state index contributed by atoms with van der Waals surface area (Å²) < 4.78 is 0. The van der Waals surface area contributed by atoms with E-state index in [0.717, 1.165) is 12.8 Å². The molecule has 3 N–H and O–H groups in total. The number of carbonyl (C=O) groups is 1. The van der Waals surface area contributed by atoms with Crippen LogP contribution in [0.1, 0.15) is 39.0 Å². The van der Waals surface area contributed by atoms with Crippen molar-refractivity contribution in [2.45, 2.75) is 51.2 Å². The van der Waals surface area contributed by atoms with E-state index in [9.17, 15) is 4.79 Å². The van der Waals surface area contributed by atoms with Crippen molar-refractivity contribution in [3.05, 3.63) is 0 Å². The zero-order chi connectivity index (χ0) is 11.1. The lowest BCUT2D eigenvalue weighted by molar-refractivity contribution is -0.000842. The van der Waals surface area contributed by atoms with Crippen LogP contribution in [0.5, 0.6) is 0 Å². The van der Waals surface area contributed by atoms with E-state index in [4.69, 9.17) is 9.94 Å². The van der Waals surface area contributed by atoms with Crippen molar-refractivity contribution in [3.63, 3.8) is 0 Å². The van der Waals surface area contributed by atoms with Gasteiger partial charge in [0.05, 0.1) is 18.8 Å². The van der Waals surface area contributed by atoms with Crippen LogP contribution in [0, 0.1) is 0 Å². The van der Waals surface area contributed by atoms with Gasteiger partial charge in [0.25, 0.3) is 0 Å². The SMILES string of the molecule is CCC(CO)NC(=O)NOC1CCCC1. The molecule has 0 spiro atoms. The molecule has 1 aliphatic rings. The molecule has 0 aromatic rings. The predicted octanol–water partition coefficient (Wildman–Crippen LogP) is 0.931. The smallest absolute Gasteiger partial charge is 0.339 e. The molecule has 0 bridgehead atoms. The fraction of sp³-hybridized carbons (Fsp3) is 0.900. The minimum Gasteiger partial charge on any atom is -0.394 e. The van der Waals surface area contributed by atoms with E-state index in [1.807, 2.05) is 6.92 Å². The predicted molar refractivity (Wildman–Crippen MR) is 56.2 cm³/mol. The second-order valence-electron chi connectivity index (χ2n) is 3.89. The van der Waals surface area contributed by atoms with Crippen molar-refractivity contribution < 1.29 is 14.7 Å². The van der Waals surface area contributed by atoms with Gasteiger partial charge in [-0.1, -0.05) is 19.8 Å². The summed E-state index contributed by atoms with van der Waals surface area (Å²) in [5.41, 5.74) is 2.36. The molecule has 0 radical (unpaired) electrons. The Kier molecular flexibility index (Phi) is 5.42. The Labute approximate surface area is 90.1 Å². The van der Waals surface area contributed by atoms with Gasteiger partial charge < -0.3 is 10.4 Å². The first-order valence-corrected chi connectivity index (χ1v) is 5.59. The van der Waals surface area contributed by atoms with Crippen molar-refractivity contribution in [1.29, 1.82) is 0 Å². The summed E-state index contributed by atoms with van der Waals surface area (Å²) in [4.78, 5) is 16.5. The van der Waals surface area contributed by atoms with Gasteiger partial charge in [-0.3, -0.25) is 4.84 Å². The molecule has 0 heterocycles. The summed E-state index contributed by atoms with van der Waals surface area (Å²) in [7, 11) is 0. The van der Waals surface area contributed by atoms with E-state index < -0.39 is 0 Å². The Morgan fingerprint density at radius 3 is 2.73 bits per heavy atom. The van der Waals surface area contributed by atoms with Gasteiger partial charge in [-0.05, 0) is 19.3 Å². The Hall–Kier alpha value is -0.810. The number of nitrogens with one attached hydrogen (secondary N) is 2. The molecule has 88 valence electrons. The number of urea groups is 1. The van der Waals surface area contributed by atoms with Gasteiger partial charge in [0.1, 0.15) is 0 Å². The third-order valence-electron chi connectivity index (χ3n) is 2.67. The number of aliphatic hydroxyl groups excluding tert-OH is 1. The summed E-state index contributed by atoms with van der Waals surface area (Å²) in [5.74, 6) is 0. The Morgan fingerprint density at radius 1 is 1.53 bits per heavy atom. The highest BCUT2D eigenvalue weighted by atomic mass is 16.7. The molecule has 1 atom stereocenters. The molecule has 1 saturated carbocycles. The van der Waals surface area contributed by atoms with E-state index in [1.54, 1.807) is 0 Å². The van der Waals surface area contributed by atoms with Crippen molar-refractivity contribution in [2.75, 3.05) is 6.61 Å². The number of hydrogen-bond acceptors (Lipinski definition) is 3. The monoisotopic (exact) mass is 216 g/mol. The first-order valence-electron chi connectivity index (χ1n) is 5.59. The van der Waals surface area contributed by atoms with Crippen LogP contribution in [0.15, 0.2) is 0 Å². The average Bonchev–Trinajstić information content (AvgIpc) is 2.75. The summed E-state index contributed by atoms with van der Waals surface area (Å²) in [6, 6.07) is -0.569. The maximum Gasteiger partial charge on any atom is 0.339 e. The van der Waals surface area contributed by atoms with Crippen LogP contribution in [-0.4, -0.2) is 29.9 Å². The van der Waals surface area contributed by atoms with Crippen LogP contribution in [0.25, 0.3) is 0 Å². The van der Waals surface area contributed by atoms with Crippen LogP contribution in [-0.2, 0) is 4.84 Å². The van der Waals surface area contributed by atoms with Crippen molar-refractivity contribution in [3.8, 4) is 0 Å². The number of amides is 2. The van der Waals surface area contributed by atoms with Crippen LogP contribution in [0.3, 0.4) is 0 Å². The van der Waals surface area contributed by atoms with Crippen molar-refractivity contribution >= 4 is 6.03 Å². The van der Waals surface area contributed by atoms with Crippen molar-refractivity contribution in [2.24, 2.45) is 0 Å². The second kappa shape index (κ2) is 6.63. The molecule has 2 amide bonds. The average molecular weight is 216 g/mol. The second-order valence-corrected chi connectivity index (χ2v) is 3.89. The number of carbonyl (C=O) groups excluding carboxylic acids is 1. The zero-order valence-corrected chi connectivity index (χ0v) is 9.16. The summed E-state index contributed by atoms with van der Waals surface area (Å²) >= 11 is 0. The van der Waals surface area contributed by atoms with Gasteiger partial charge in [0.15, 0.2) is 0 Å². The van der Waals surface area contributed by atoms with E-state index in [1.165, 1.54) is 12.8 Å². The zero-order valence-electron chi connectivity index (χ0n) is 9.16. The molecule has 0 saturated heterocycles. The molecule has 5 nitrogen and oxygen atoms in total. The largest absolute Gasteiger partial charge is 0.394 e. The minimum atomic E-state index is -0.372. The Bertz CT molecular complexity index is 189. The quantitative estimate of drug-likeness (QED) is 0.599. The Morgan fingerprint density at radius 2 is 2.20 bits per heavy atom. The van der Waals surface area contributed by atoms with Gasteiger partial charge in [-0.15, -0.1) is 0 Å². The maximum atomic E-state index is 11.3. The van der Waals surface area contributed by atoms with Crippen molar-refractivity contribution in [1.82, 2.24) is 10.8 Å². The van der Waals surface area contributed by atoms with E-state index in [2.05, 4.69) is 10.8 Å². The van der Waals surface area contributed by atoms with E-state index in [0.29, 0.717) is 6.42 Å². The first kappa shape index (κ1) is 12.3. The molecule has 0 aromatic carbocycles. The molecule has 0 aliphatic heterocycles. The molecule has 0 aromatic heterocycles. The fourth-order valence-corrected chi connectivity index (χ4v) is 1.63. The summed E-state index contributed by atoms with van der Waals surface area (Å²) in [5, 5.41) is 11.5. The van der Waals surface area contributed by atoms with Gasteiger partial charge in [-0.25, -0.2) is 10.3 Å². The lowest BCUT2D eigenvalue weighted by Crippen LogP contribution is -2.44. The van der Waals surface area contributed by atoms with E-state index >= 15 is 0 Å². The minimum absolute atomic E-state index is 0.0483. The highest BCUT2D eigenvalue weighted by Gasteiger charge is 2.17.